The zero-order valence-electron chi connectivity index (χ0n) is 16.1. The zero-order valence-corrected chi connectivity index (χ0v) is 16.9. The van der Waals surface area contributed by atoms with E-state index in [4.69, 9.17) is 25.5 Å². The highest BCUT2D eigenvalue weighted by molar-refractivity contribution is 6.34. The molecule has 0 fully saturated rings. The third kappa shape index (κ3) is 3.79. The Labute approximate surface area is 172 Å². The average Bonchev–Trinajstić information content (AvgIpc) is 2.75. The second-order valence-corrected chi connectivity index (χ2v) is 7.08. The summed E-state index contributed by atoms with van der Waals surface area (Å²) in [6.45, 7) is 1.26. The Kier molecular flexibility index (Phi) is 5.43. The van der Waals surface area contributed by atoms with E-state index in [0.29, 0.717) is 51.5 Å². The van der Waals surface area contributed by atoms with Crippen LogP contribution in [0.1, 0.15) is 11.1 Å². The van der Waals surface area contributed by atoms with Gasteiger partial charge in [-0.1, -0.05) is 29.8 Å². The standard InChI is InChI=1S/C23H20ClNO4/c1-27-20-9-7-15(11-21(20)28-2)13-25-12-14-6-8-19-17(10-14)22(26)16-4-3-5-18(24)23(16)29-19/h3-11,25H,12-13H2,1-2H3. The molecule has 6 heteroatoms. The fourth-order valence-corrected chi connectivity index (χ4v) is 3.55. The lowest BCUT2D eigenvalue weighted by Crippen LogP contribution is -2.13. The van der Waals surface area contributed by atoms with E-state index in [1.54, 1.807) is 32.4 Å². The number of hydrogen-bond acceptors (Lipinski definition) is 5. The summed E-state index contributed by atoms with van der Waals surface area (Å²) in [6.07, 6.45) is 0. The van der Waals surface area contributed by atoms with Crippen molar-refractivity contribution < 1.29 is 13.9 Å². The molecule has 0 aliphatic rings. The maximum absolute atomic E-state index is 12.9. The van der Waals surface area contributed by atoms with E-state index in [1.165, 1.54) is 0 Å². The van der Waals surface area contributed by atoms with Crippen LogP contribution in [-0.2, 0) is 13.1 Å². The number of nitrogens with one attached hydrogen (secondary N) is 1. The van der Waals surface area contributed by atoms with Crippen molar-refractivity contribution in [2.75, 3.05) is 14.2 Å². The SMILES string of the molecule is COc1ccc(CNCc2ccc3oc4c(Cl)cccc4c(=O)c3c2)cc1OC. The van der Waals surface area contributed by atoms with Crippen molar-refractivity contribution in [1.82, 2.24) is 5.32 Å². The van der Waals surface area contributed by atoms with Crippen molar-refractivity contribution in [2.24, 2.45) is 0 Å². The molecule has 4 rings (SSSR count). The van der Waals surface area contributed by atoms with Gasteiger partial charge < -0.3 is 19.2 Å². The molecule has 1 heterocycles. The molecule has 0 amide bonds. The molecule has 0 spiro atoms. The highest BCUT2D eigenvalue weighted by atomic mass is 35.5. The number of fused-ring (bicyclic) bond motifs is 2. The number of ether oxygens (including phenoxy) is 2. The van der Waals surface area contributed by atoms with Gasteiger partial charge in [0.2, 0.25) is 5.43 Å². The van der Waals surface area contributed by atoms with Gasteiger partial charge in [0.1, 0.15) is 5.58 Å². The van der Waals surface area contributed by atoms with Gasteiger partial charge in [-0.3, -0.25) is 4.79 Å². The summed E-state index contributed by atoms with van der Waals surface area (Å²) in [5.74, 6) is 1.39. The normalized spacial score (nSPS) is 11.1. The highest BCUT2D eigenvalue weighted by Crippen LogP contribution is 2.28. The fourth-order valence-electron chi connectivity index (χ4n) is 3.34. The van der Waals surface area contributed by atoms with Crippen molar-refractivity contribution in [1.29, 1.82) is 0 Å². The molecule has 1 N–H and O–H groups in total. The second-order valence-electron chi connectivity index (χ2n) is 6.67. The first-order chi connectivity index (χ1) is 14.1. The number of halogens is 1. The Morgan fingerprint density at radius 1 is 0.897 bits per heavy atom. The molecule has 1 aromatic heterocycles. The van der Waals surface area contributed by atoms with Crippen LogP contribution in [0, 0.1) is 0 Å². The lowest BCUT2D eigenvalue weighted by Gasteiger charge is -2.11. The first-order valence-corrected chi connectivity index (χ1v) is 9.54. The summed E-state index contributed by atoms with van der Waals surface area (Å²) in [6, 6.07) is 16.6. The monoisotopic (exact) mass is 409 g/mol. The average molecular weight is 410 g/mol. The quantitative estimate of drug-likeness (QED) is 0.458. The fraction of sp³-hybridized carbons (Fsp3) is 0.174. The van der Waals surface area contributed by atoms with Gasteiger partial charge >= 0.3 is 0 Å². The predicted octanol–water partition coefficient (Wildman–Crippen LogP) is 4.91. The van der Waals surface area contributed by atoms with Crippen LogP contribution in [0.4, 0.5) is 0 Å². The summed E-state index contributed by atoms with van der Waals surface area (Å²) in [7, 11) is 3.23. The molecular weight excluding hydrogens is 390 g/mol. The van der Waals surface area contributed by atoms with Crippen LogP contribution < -0.4 is 20.2 Å². The predicted molar refractivity (Wildman–Crippen MR) is 115 cm³/mol. The molecule has 0 radical (unpaired) electrons. The lowest BCUT2D eigenvalue weighted by atomic mass is 10.1. The minimum Gasteiger partial charge on any atom is -0.493 e. The van der Waals surface area contributed by atoms with Crippen LogP contribution in [-0.4, -0.2) is 14.2 Å². The number of methoxy groups -OCH3 is 2. The molecule has 3 aromatic carbocycles. The van der Waals surface area contributed by atoms with Crippen molar-refractivity contribution in [2.45, 2.75) is 13.1 Å². The summed E-state index contributed by atoms with van der Waals surface area (Å²) >= 11 is 6.17. The summed E-state index contributed by atoms with van der Waals surface area (Å²) in [5, 5.41) is 4.85. The third-order valence-electron chi connectivity index (χ3n) is 4.82. The number of benzene rings is 3. The Hall–Kier alpha value is -3.02. The molecule has 5 nitrogen and oxygen atoms in total. The van der Waals surface area contributed by atoms with Crippen LogP contribution >= 0.6 is 11.6 Å². The van der Waals surface area contributed by atoms with E-state index in [-0.39, 0.29) is 5.43 Å². The molecule has 148 valence electrons. The van der Waals surface area contributed by atoms with Gasteiger partial charge in [-0.2, -0.15) is 0 Å². The van der Waals surface area contributed by atoms with Crippen LogP contribution in [0.5, 0.6) is 11.5 Å². The van der Waals surface area contributed by atoms with Gasteiger partial charge in [-0.15, -0.1) is 0 Å². The Morgan fingerprint density at radius 3 is 2.38 bits per heavy atom. The van der Waals surface area contributed by atoms with E-state index in [9.17, 15) is 4.79 Å². The molecule has 0 atom stereocenters. The minimum atomic E-state index is -0.0782. The van der Waals surface area contributed by atoms with Crippen LogP contribution in [0.15, 0.2) is 63.8 Å². The molecule has 0 aliphatic carbocycles. The van der Waals surface area contributed by atoms with Gasteiger partial charge in [0, 0.05) is 13.1 Å². The number of para-hydroxylation sites is 1. The van der Waals surface area contributed by atoms with E-state index in [2.05, 4.69) is 5.32 Å². The van der Waals surface area contributed by atoms with Crippen LogP contribution in [0.2, 0.25) is 5.02 Å². The smallest absolute Gasteiger partial charge is 0.200 e. The molecule has 29 heavy (non-hydrogen) atoms. The summed E-state index contributed by atoms with van der Waals surface area (Å²) in [5.41, 5.74) is 2.94. The molecule has 4 aromatic rings. The molecular formula is C23H20ClNO4. The largest absolute Gasteiger partial charge is 0.493 e. The van der Waals surface area contributed by atoms with Crippen LogP contribution in [0.3, 0.4) is 0 Å². The molecule has 0 unspecified atom stereocenters. The number of rotatable bonds is 6. The zero-order chi connectivity index (χ0) is 20.4. The van der Waals surface area contributed by atoms with Gasteiger partial charge in [-0.05, 0) is 47.5 Å². The van der Waals surface area contributed by atoms with Crippen molar-refractivity contribution in [3.8, 4) is 11.5 Å². The van der Waals surface area contributed by atoms with Gasteiger partial charge in [-0.25, -0.2) is 0 Å². The Morgan fingerprint density at radius 2 is 1.62 bits per heavy atom. The first kappa shape index (κ1) is 19.3. The van der Waals surface area contributed by atoms with Gasteiger partial charge in [0.15, 0.2) is 17.1 Å². The summed E-state index contributed by atoms with van der Waals surface area (Å²) in [4.78, 5) is 12.9. The maximum atomic E-state index is 12.9. The number of hydrogen-bond donors (Lipinski definition) is 1. The highest BCUT2D eigenvalue weighted by Gasteiger charge is 2.11. The summed E-state index contributed by atoms with van der Waals surface area (Å²) < 4.78 is 16.5. The second kappa shape index (κ2) is 8.15. The van der Waals surface area contributed by atoms with E-state index in [1.807, 2.05) is 36.4 Å². The first-order valence-electron chi connectivity index (χ1n) is 9.16. The van der Waals surface area contributed by atoms with E-state index >= 15 is 0 Å². The Balaban J connectivity index is 1.55. The third-order valence-corrected chi connectivity index (χ3v) is 5.12. The van der Waals surface area contributed by atoms with Crippen molar-refractivity contribution in [3.63, 3.8) is 0 Å². The molecule has 0 saturated carbocycles. The molecule has 0 aliphatic heterocycles. The van der Waals surface area contributed by atoms with Gasteiger partial charge in [0.25, 0.3) is 0 Å². The maximum Gasteiger partial charge on any atom is 0.200 e. The van der Waals surface area contributed by atoms with E-state index < -0.39 is 0 Å². The minimum absolute atomic E-state index is 0.0782. The lowest BCUT2D eigenvalue weighted by molar-refractivity contribution is 0.354. The van der Waals surface area contributed by atoms with Crippen molar-refractivity contribution >= 4 is 33.5 Å². The topological polar surface area (TPSA) is 60.7 Å². The van der Waals surface area contributed by atoms with Gasteiger partial charge in [0.05, 0.1) is 30.0 Å². The van der Waals surface area contributed by atoms with E-state index in [0.717, 1.165) is 11.1 Å². The molecule has 0 saturated heterocycles. The van der Waals surface area contributed by atoms with Crippen molar-refractivity contribution in [3.05, 3.63) is 81.0 Å². The van der Waals surface area contributed by atoms with Crippen LogP contribution in [0.25, 0.3) is 21.9 Å². The Bertz CT molecular complexity index is 1250. The molecule has 0 bridgehead atoms.